The smallest absolute Gasteiger partial charge is 0.251 e. The summed E-state index contributed by atoms with van der Waals surface area (Å²) >= 11 is 12.0. The van der Waals surface area contributed by atoms with Crippen molar-refractivity contribution in [3.8, 4) is 5.75 Å². The van der Waals surface area contributed by atoms with Crippen LogP contribution in [0.4, 0.5) is 5.69 Å². The SMILES string of the molecule is Cc1ccc(OCCNC(=O)c2ccc(CN(c3ccc(Cl)c(Cl)c3)S(C)(=O)=O)cc2)c(C)c1. The molecule has 3 aromatic rings. The third-order valence-corrected chi connectivity index (χ3v) is 6.99. The molecule has 0 aliphatic carbocycles. The molecule has 0 aliphatic rings. The molecular weight excluding hydrogens is 495 g/mol. The van der Waals surface area contributed by atoms with Crippen molar-refractivity contribution in [2.24, 2.45) is 0 Å². The number of amides is 1. The lowest BCUT2D eigenvalue weighted by Crippen LogP contribution is -2.29. The summed E-state index contributed by atoms with van der Waals surface area (Å²) in [5, 5.41) is 3.43. The van der Waals surface area contributed by atoms with Crippen molar-refractivity contribution < 1.29 is 17.9 Å². The largest absolute Gasteiger partial charge is 0.491 e. The minimum Gasteiger partial charge on any atom is -0.491 e. The van der Waals surface area contributed by atoms with E-state index in [0.29, 0.717) is 35.0 Å². The quantitative estimate of drug-likeness (QED) is 0.384. The van der Waals surface area contributed by atoms with Crippen molar-refractivity contribution in [2.75, 3.05) is 23.7 Å². The second kappa shape index (κ2) is 11.1. The molecule has 0 fully saturated rings. The maximum Gasteiger partial charge on any atom is 0.251 e. The van der Waals surface area contributed by atoms with Gasteiger partial charge in [-0.2, -0.15) is 0 Å². The number of benzene rings is 3. The average Bonchev–Trinajstić information content (AvgIpc) is 2.77. The maximum atomic E-state index is 12.5. The molecule has 0 spiro atoms. The Balaban J connectivity index is 1.59. The van der Waals surface area contributed by atoms with Gasteiger partial charge in [0.05, 0.1) is 35.1 Å². The highest BCUT2D eigenvalue weighted by atomic mass is 35.5. The fourth-order valence-electron chi connectivity index (χ4n) is 3.36. The van der Waals surface area contributed by atoms with Gasteiger partial charge in [0.2, 0.25) is 10.0 Å². The van der Waals surface area contributed by atoms with E-state index in [2.05, 4.69) is 5.32 Å². The van der Waals surface area contributed by atoms with E-state index in [0.717, 1.165) is 17.6 Å². The summed E-state index contributed by atoms with van der Waals surface area (Å²) in [6.07, 6.45) is 1.12. The molecule has 34 heavy (non-hydrogen) atoms. The van der Waals surface area contributed by atoms with Gasteiger partial charge in [0, 0.05) is 5.56 Å². The van der Waals surface area contributed by atoms with Gasteiger partial charge in [-0.1, -0.05) is 53.0 Å². The molecule has 3 aromatic carbocycles. The molecule has 0 radical (unpaired) electrons. The van der Waals surface area contributed by atoms with Crippen molar-refractivity contribution in [1.29, 1.82) is 0 Å². The average molecular weight is 521 g/mol. The number of hydrogen-bond acceptors (Lipinski definition) is 4. The molecule has 0 heterocycles. The molecular formula is C25H26Cl2N2O4S. The van der Waals surface area contributed by atoms with Crippen LogP contribution in [-0.2, 0) is 16.6 Å². The van der Waals surface area contributed by atoms with Crippen LogP contribution in [-0.4, -0.2) is 33.7 Å². The van der Waals surface area contributed by atoms with Gasteiger partial charge in [-0.25, -0.2) is 8.42 Å². The number of hydrogen-bond donors (Lipinski definition) is 1. The van der Waals surface area contributed by atoms with Gasteiger partial charge >= 0.3 is 0 Å². The van der Waals surface area contributed by atoms with Crippen LogP contribution < -0.4 is 14.4 Å². The molecule has 1 amide bonds. The summed E-state index contributed by atoms with van der Waals surface area (Å²) in [7, 11) is -3.58. The molecule has 6 nitrogen and oxygen atoms in total. The van der Waals surface area contributed by atoms with Crippen molar-refractivity contribution in [3.05, 3.63) is 93.0 Å². The first-order valence-electron chi connectivity index (χ1n) is 10.5. The summed E-state index contributed by atoms with van der Waals surface area (Å²) in [6.45, 7) is 4.79. The normalized spacial score (nSPS) is 11.2. The van der Waals surface area contributed by atoms with Gasteiger partial charge in [0.1, 0.15) is 12.4 Å². The Morgan fingerprint density at radius 2 is 1.68 bits per heavy atom. The Hall–Kier alpha value is -2.74. The van der Waals surface area contributed by atoms with E-state index in [1.54, 1.807) is 36.4 Å². The molecule has 180 valence electrons. The minimum atomic E-state index is -3.58. The summed E-state index contributed by atoms with van der Waals surface area (Å²) in [5.74, 6) is 0.557. The number of anilines is 1. The van der Waals surface area contributed by atoms with E-state index >= 15 is 0 Å². The van der Waals surface area contributed by atoms with Crippen LogP contribution in [0.5, 0.6) is 5.75 Å². The van der Waals surface area contributed by atoms with Gasteiger partial charge in [0.15, 0.2) is 0 Å². The monoisotopic (exact) mass is 520 g/mol. The third-order valence-electron chi connectivity index (χ3n) is 5.11. The van der Waals surface area contributed by atoms with Crippen molar-refractivity contribution in [1.82, 2.24) is 5.32 Å². The van der Waals surface area contributed by atoms with Crippen LogP contribution in [0.25, 0.3) is 0 Å². The van der Waals surface area contributed by atoms with Crippen LogP contribution in [0.1, 0.15) is 27.0 Å². The summed E-state index contributed by atoms with van der Waals surface area (Å²) in [4.78, 5) is 12.5. The van der Waals surface area contributed by atoms with Crippen LogP contribution in [0.2, 0.25) is 10.0 Å². The molecule has 0 saturated carbocycles. The Bertz CT molecular complexity index is 1280. The lowest BCUT2D eigenvalue weighted by Gasteiger charge is -2.23. The number of nitrogens with zero attached hydrogens (tertiary/aromatic N) is 1. The zero-order valence-electron chi connectivity index (χ0n) is 19.1. The van der Waals surface area contributed by atoms with E-state index in [4.69, 9.17) is 27.9 Å². The highest BCUT2D eigenvalue weighted by Gasteiger charge is 2.19. The first-order chi connectivity index (χ1) is 16.0. The van der Waals surface area contributed by atoms with Gasteiger partial charge in [-0.3, -0.25) is 9.10 Å². The molecule has 0 bridgehead atoms. The van der Waals surface area contributed by atoms with Crippen molar-refractivity contribution in [3.63, 3.8) is 0 Å². The summed E-state index contributed by atoms with van der Waals surface area (Å²) in [5.41, 5.74) is 3.80. The van der Waals surface area contributed by atoms with E-state index in [9.17, 15) is 13.2 Å². The topological polar surface area (TPSA) is 75.7 Å². The number of halogens is 2. The minimum absolute atomic E-state index is 0.0857. The van der Waals surface area contributed by atoms with Gasteiger partial charge in [-0.15, -0.1) is 0 Å². The number of rotatable bonds is 9. The van der Waals surface area contributed by atoms with Crippen LogP contribution in [0.3, 0.4) is 0 Å². The van der Waals surface area contributed by atoms with E-state index < -0.39 is 10.0 Å². The summed E-state index contributed by atoms with van der Waals surface area (Å²) in [6, 6.07) is 17.3. The number of carbonyl (C=O) groups is 1. The number of ether oxygens (including phenoxy) is 1. The fraction of sp³-hybridized carbons (Fsp3) is 0.240. The standard InChI is InChI=1S/C25H26Cl2N2O4S/c1-17-4-11-24(18(2)14-17)33-13-12-28-25(30)20-7-5-19(6-8-20)16-29(34(3,31)32)21-9-10-22(26)23(27)15-21/h4-11,14-15H,12-13,16H2,1-3H3,(H,28,30). The maximum absolute atomic E-state index is 12.5. The second-order valence-corrected chi connectivity index (χ2v) is 10.7. The highest BCUT2D eigenvalue weighted by Crippen LogP contribution is 2.29. The fourth-order valence-corrected chi connectivity index (χ4v) is 4.53. The lowest BCUT2D eigenvalue weighted by atomic mass is 10.1. The third kappa shape index (κ3) is 6.88. The van der Waals surface area contributed by atoms with Gasteiger partial charge in [0.25, 0.3) is 5.91 Å². The van der Waals surface area contributed by atoms with E-state index in [1.165, 1.54) is 15.9 Å². The predicted molar refractivity (Wildman–Crippen MR) is 138 cm³/mol. The number of carbonyl (C=O) groups excluding carboxylic acids is 1. The highest BCUT2D eigenvalue weighted by molar-refractivity contribution is 7.92. The number of aryl methyl sites for hydroxylation is 2. The van der Waals surface area contributed by atoms with E-state index in [-0.39, 0.29) is 17.5 Å². The number of sulfonamides is 1. The first-order valence-corrected chi connectivity index (χ1v) is 13.1. The molecule has 0 unspecified atom stereocenters. The molecule has 1 N–H and O–H groups in total. The molecule has 0 saturated heterocycles. The zero-order chi connectivity index (χ0) is 24.9. The van der Waals surface area contributed by atoms with E-state index in [1.807, 2.05) is 32.0 Å². The molecule has 0 aromatic heterocycles. The van der Waals surface area contributed by atoms with Gasteiger partial charge in [-0.05, 0) is 61.4 Å². The van der Waals surface area contributed by atoms with Crippen molar-refractivity contribution in [2.45, 2.75) is 20.4 Å². The Labute approximate surface area is 210 Å². The van der Waals surface area contributed by atoms with Crippen molar-refractivity contribution >= 4 is 44.8 Å². The Morgan fingerprint density at radius 3 is 2.29 bits per heavy atom. The van der Waals surface area contributed by atoms with Crippen LogP contribution in [0, 0.1) is 13.8 Å². The lowest BCUT2D eigenvalue weighted by molar-refractivity contribution is 0.0947. The zero-order valence-corrected chi connectivity index (χ0v) is 21.5. The molecule has 0 atom stereocenters. The predicted octanol–water partition coefficient (Wildman–Crippen LogP) is 5.39. The van der Waals surface area contributed by atoms with Crippen LogP contribution >= 0.6 is 23.2 Å². The molecule has 3 rings (SSSR count). The van der Waals surface area contributed by atoms with Crippen LogP contribution in [0.15, 0.2) is 60.7 Å². The Kier molecular flexibility index (Phi) is 8.47. The Morgan fingerprint density at radius 1 is 0.971 bits per heavy atom. The molecule has 9 heteroatoms. The van der Waals surface area contributed by atoms with Gasteiger partial charge < -0.3 is 10.1 Å². The summed E-state index contributed by atoms with van der Waals surface area (Å²) < 4.78 is 31.7. The molecule has 0 aliphatic heterocycles. The number of nitrogens with one attached hydrogen (secondary N) is 1. The second-order valence-electron chi connectivity index (χ2n) is 7.94. The first kappa shape index (κ1) is 25.9.